The molecule has 130 valence electrons. The zero-order valence-electron chi connectivity index (χ0n) is 12.3. The van der Waals surface area contributed by atoms with Gasteiger partial charge in [0.15, 0.2) is 17.5 Å². The standard InChI is InChI=1S/C16H9ClF4N2O2/c17-9-6-11(19)10(18)5-8(9)15(24)25-7-14-22-12-3-1-2-4-13(12)23(14)16(20)21/h1-6,16H,7H2. The van der Waals surface area contributed by atoms with Crippen LogP contribution in [0.4, 0.5) is 17.6 Å². The third-order valence-corrected chi connectivity index (χ3v) is 3.74. The van der Waals surface area contributed by atoms with Crippen LogP contribution in [0.1, 0.15) is 22.7 Å². The molecular formula is C16H9ClF4N2O2. The molecule has 3 rings (SSSR count). The highest BCUT2D eigenvalue weighted by Gasteiger charge is 2.21. The zero-order valence-corrected chi connectivity index (χ0v) is 13.1. The van der Waals surface area contributed by atoms with Crippen LogP contribution in [0.2, 0.25) is 5.02 Å². The molecule has 0 atom stereocenters. The van der Waals surface area contributed by atoms with Gasteiger partial charge in [0.2, 0.25) is 0 Å². The van der Waals surface area contributed by atoms with Gasteiger partial charge >= 0.3 is 12.5 Å². The number of nitrogens with zero attached hydrogens (tertiary/aromatic N) is 2. The number of alkyl halides is 2. The SMILES string of the molecule is O=C(OCc1nc2ccccc2n1C(F)F)c1cc(F)c(F)cc1Cl. The Morgan fingerprint density at radius 2 is 1.88 bits per heavy atom. The number of carbonyl (C=O) groups is 1. The molecule has 0 saturated heterocycles. The van der Waals surface area contributed by atoms with E-state index >= 15 is 0 Å². The van der Waals surface area contributed by atoms with Gasteiger partial charge in [0, 0.05) is 0 Å². The highest BCUT2D eigenvalue weighted by atomic mass is 35.5. The van der Waals surface area contributed by atoms with Crippen molar-refractivity contribution in [3.63, 3.8) is 0 Å². The minimum absolute atomic E-state index is 0.175. The molecule has 25 heavy (non-hydrogen) atoms. The fourth-order valence-electron chi connectivity index (χ4n) is 2.30. The van der Waals surface area contributed by atoms with Crippen LogP contribution in [0, 0.1) is 11.6 Å². The summed E-state index contributed by atoms with van der Waals surface area (Å²) in [5.74, 6) is -3.78. The lowest BCUT2D eigenvalue weighted by Crippen LogP contribution is -2.11. The van der Waals surface area contributed by atoms with E-state index in [2.05, 4.69) is 4.98 Å². The zero-order chi connectivity index (χ0) is 18.1. The van der Waals surface area contributed by atoms with Crippen LogP contribution >= 0.6 is 11.6 Å². The number of carbonyl (C=O) groups excluding carboxylic acids is 1. The lowest BCUT2D eigenvalue weighted by atomic mass is 10.2. The summed E-state index contributed by atoms with van der Waals surface area (Å²) in [6, 6.07) is 7.39. The molecule has 2 aromatic carbocycles. The molecule has 9 heteroatoms. The molecule has 3 aromatic rings. The van der Waals surface area contributed by atoms with E-state index in [0.29, 0.717) is 22.2 Å². The summed E-state index contributed by atoms with van der Waals surface area (Å²) in [6.45, 7) is -3.49. The number of esters is 1. The van der Waals surface area contributed by atoms with E-state index in [-0.39, 0.29) is 16.4 Å². The van der Waals surface area contributed by atoms with Crippen LogP contribution in [0.25, 0.3) is 11.0 Å². The van der Waals surface area contributed by atoms with Crippen molar-refractivity contribution >= 4 is 28.6 Å². The maximum atomic E-state index is 13.3. The average Bonchev–Trinajstić information content (AvgIpc) is 2.94. The lowest BCUT2D eigenvalue weighted by Gasteiger charge is -2.09. The molecule has 0 bridgehead atoms. The summed E-state index contributed by atoms with van der Waals surface area (Å²) in [4.78, 5) is 16.0. The van der Waals surface area contributed by atoms with Gasteiger partial charge in [-0.1, -0.05) is 23.7 Å². The number of halogens is 5. The molecule has 1 aromatic heterocycles. The average molecular weight is 373 g/mol. The van der Waals surface area contributed by atoms with Crippen molar-refractivity contribution in [2.24, 2.45) is 0 Å². The summed E-state index contributed by atoms with van der Waals surface area (Å²) >= 11 is 5.68. The maximum Gasteiger partial charge on any atom is 0.340 e. The molecule has 4 nitrogen and oxygen atoms in total. The van der Waals surface area contributed by atoms with E-state index in [9.17, 15) is 22.4 Å². The number of imidazole rings is 1. The molecule has 0 N–H and O–H groups in total. The molecule has 0 aliphatic heterocycles. The van der Waals surface area contributed by atoms with Gasteiger partial charge in [-0.3, -0.25) is 4.57 Å². The Balaban J connectivity index is 1.87. The first-order chi connectivity index (χ1) is 11.9. The lowest BCUT2D eigenvalue weighted by molar-refractivity contribution is 0.0387. The van der Waals surface area contributed by atoms with Gasteiger partial charge in [0.05, 0.1) is 21.6 Å². The topological polar surface area (TPSA) is 44.1 Å². The first-order valence-corrected chi connectivity index (χ1v) is 7.32. The molecule has 0 aliphatic rings. The Morgan fingerprint density at radius 3 is 2.60 bits per heavy atom. The molecule has 0 saturated carbocycles. The predicted octanol–water partition coefficient (Wildman–Crippen LogP) is 4.72. The van der Waals surface area contributed by atoms with Gasteiger partial charge in [-0.05, 0) is 24.3 Å². The number of rotatable bonds is 4. The van der Waals surface area contributed by atoms with E-state index in [1.165, 1.54) is 12.1 Å². The van der Waals surface area contributed by atoms with Gasteiger partial charge in [-0.15, -0.1) is 0 Å². The predicted molar refractivity (Wildman–Crippen MR) is 81.5 cm³/mol. The van der Waals surface area contributed by atoms with Crippen molar-refractivity contribution in [1.29, 1.82) is 0 Å². The van der Waals surface area contributed by atoms with Crippen LogP contribution in [-0.2, 0) is 11.3 Å². The maximum absolute atomic E-state index is 13.3. The smallest absolute Gasteiger partial charge is 0.340 e. The minimum Gasteiger partial charge on any atom is -0.454 e. The summed E-state index contributed by atoms with van der Waals surface area (Å²) < 4.78 is 58.3. The van der Waals surface area contributed by atoms with E-state index in [1.807, 2.05) is 0 Å². The third kappa shape index (κ3) is 3.30. The number of hydrogen-bond donors (Lipinski definition) is 0. The molecule has 0 aliphatic carbocycles. The Hall–Kier alpha value is -2.61. The van der Waals surface area contributed by atoms with Crippen molar-refractivity contribution in [3.8, 4) is 0 Å². The normalized spacial score (nSPS) is 11.3. The van der Waals surface area contributed by atoms with Gasteiger partial charge in [0.1, 0.15) is 6.61 Å². The number of para-hydroxylation sites is 2. The summed E-state index contributed by atoms with van der Waals surface area (Å²) in [7, 11) is 0. The van der Waals surface area contributed by atoms with E-state index in [0.717, 1.165) is 0 Å². The molecular weight excluding hydrogens is 364 g/mol. The van der Waals surface area contributed by atoms with Gasteiger partial charge in [-0.25, -0.2) is 18.6 Å². The van der Waals surface area contributed by atoms with Crippen molar-refractivity contribution in [3.05, 3.63) is 64.4 Å². The Morgan fingerprint density at radius 1 is 1.20 bits per heavy atom. The number of benzene rings is 2. The van der Waals surface area contributed by atoms with Crippen molar-refractivity contribution in [2.75, 3.05) is 0 Å². The van der Waals surface area contributed by atoms with E-state index in [1.54, 1.807) is 12.1 Å². The van der Waals surface area contributed by atoms with Crippen molar-refractivity contribution in [1.82, 2.24) is 9.55 Å². The second-order valence-corrected chi connectivity index (χ2v) is 5.39. The Kier molecular flexibility index (Phi) is 4.63. The quantitative estimate of drug-likeness (QED) is 0.378. The Bertz CT molecular complexity index is 959. The van der Waals surface area contributed by atoms with Crippen LogP contribution < -0.4 is 0 Å². The fraction of sp³-hybridized carbons (Fsp3) is 0.125. The van der Waals surface area contributed by atoms with Crippen LogP contribution in [-0.4, -0.2) is 15.5 Å². The van der Waals surface area contributed by atoms with Gasteiger partial charge in [-0.2, -0.15) is 8.78 Å². The third-order valence-electron chi connectivity index (χ3n) is 3.43. The number of ether oxygens (including phenoxy) is 1. The minimum atomic E-state index is -2.90. The van der Waals surface area contributed by atoms with Crippen molar-refractivity contribution in [2.45, 2.75) is 13.2 Å². The molecule has 0 spiro atoms. The first kappa shape index (κ1) is 17.2. The Labute approximate surface area is 143 Å². The number of fused-ring (bicyclic) bond motifs is 1. The molecule has 1 heterocycles. The summed E-state index contributed by atoms with van der Waals surface area (Å²) in [5, 5.41) is -0.355. The van der Waals surface area contributed by atoms with Crippen LogP contribution in [0.3, 0.4) is 0 Å². The van der Waals surface area contributed by atoms with Crippen LogP contribution in [0.5, 0.6) is 0 Å². The largest absolute Gasteiger partial charge is 0.454 e. The van der Waals surface area contributed by atoms with E-state index in [4.69, 9.17) is 16.3 Å². The van der Waals surface area contributed by atoms with Gasteiger partial charge < -0.3 is 4.74 Å². The second-order valence-electron chi connectivity index (χ2n) is 4.99. The van der Waals surface area contributed by atoms with Crippen LogP contribution in [0.15, 0.2) is 36.4 Å². The fourth-order valence-corrected chi connectivity index (χ4v) is 2.53. The molecule has 0 unspecified atom stereocenters. The highest BCUT2D eigenvalue weighted by molar-refractivity contribution is 6.33. The first-order valence-electron chi connectivity index (χ1n) is 6.94. The monoisotopic (exact) mass is 372 g/mol. The molecule has 0 amide bonds. The van der Waals surface area contributed by atoms with E-state index < -0.39 is 36.3 Å². The summed E-state index contributed by atoms with van der Waals surface area (Å²) in [6.07, 6.45) is 0. The number of hydrogen-bond acceptors (Lipinski definition) is 3. The number of aromatic nitrogens is 2. The van der Waals surface area contributed by atoms with Gasteiger partial charge in [0.25, 0.3) is 0 Å². The highest BCUT2D eigenvalue weighted by Crippen LogP contribution is 2.25. The second kappa shape index (κ2) is 6.72. The molecule has 0 radical (unpaired) electrons. The molecule has 0 fully saturated rings. The van der Waals surface area contributed by atoms with Crippen molar-refractivity contribution < 1.29 is 27.1 Å². The summed E-state index contributed by atoms with van der Waals surface area (Å²) in [5.41, 5.74) is 0.0643.